The molecule has 3 N–H and O–H groups in total. The Bertz CT molecular complexity index is 702. The van der Waals surface area contributed by atoms with E-state index in [1.165, 1.54) is 5.56 Å². The molecule has 0 aromatic heterocycles. The van der Waals surface area contributed by atoms with E-state index in [1.807, 2.05) is 12.1 Å². The number of amides is 1. The standard InChI is InChI=1S/C17H18ClN3O/c18-14-8-7-13(19)10-15(14)20-17(22)11-21-9-3-5-12-4-1-2-6-16(12)21/h1-2,4,6-8,10H,3,5,9,11,19H2,(H,20,22). The van der Waals surface area contributed by atoms with Crippen molar-refractivity contribution in [3.05, 3.63) is 53.1 Å². The zero-order valence-electron chi connectivity index (χ0n) is 12.2. The third-order valence-corrected chi connectivity index (χ3v) is 4.14. The molecule has 1 heterocycles. The fourth-order valence-corrected chi connectivity index (χ4v) is 2.94. The quantitative estimate of drug-likeness (QED) is 0.854. The maximum Gasteiger partial charge on any atom is 0.243 e. The van der Waals surface area contributed by atoms with Crippen molar-refractivity contribution in [2.45, 2.75) is 12.8 Å². The number of anilines is 3. The highest BCUT2D eigenvalue weighted by Crippen LogP contribution is 2.27. The number of hydrogen-bond donors (Lipinski definition) is 2. The summed E-state index contributed by atoms with van der Waals surface area (Å²) in [5.41, 5.74) is 9.29. The number of fused-ring (bicyclic) bond motifs is 1. The molecule has 0 radical (unpaired) electrons. The molecule has 0 spiro atoms. The monoisotopic (exact) mass is 315 g/mol. The number of nitrogens with zero attached hydrogens (tertiary/aromatic N) is 1. The van der Waals surface area contributed by atoms with E-state index < -0.39 is 0 Å². The molecule has 0 atom stereocenters. The lowest BCUT2D eigenvalue weighted by Crippen LogP contribution is -2.36. The Hall–Kier alpha value is -2.20. The smallest absolute Gasteiger partial charge is 0.243 e. The van der Waals surface area contributed by atoms with Gasteiger partial charge in [0.15, 0.2) is 0 Å². The largest absolute Gasteiger partial charge is 0.399 e. The van der Waals surface area contributed by atoms with E-state index in [9.17, 15) is 4.79 Å². The molecule has 2 aromatic rings. The number of carbonyl (C=O) groups is 1. The topological polar surface area (TPSA) is 58.4 Å². The van der Waals surface area contributed by atoms with Gasteiger partial charge in [-0.1, -0.05) is 29.8 Å². The summed E-state index contributed by atoms with van der Waals surface area (Å²) < 4.78 is 0. The van der Waals surface area contributed by atoms with Crippen LogP contribution in [0, 0.1) is 0 Å². The molecule has 4 nitrogen and oxygen atoms in total. The van der Waals surface area contributed by atoms with E-state index in [4.69, 9.17) is 17.3 Å². The molecular weight excluding hydrogens is 298 g/mol. The Morgan fingerprint density at radius 3 is 2.95 bits per heavy atom. The van der Waals surface area contributed by atoms with Crippen molar-refractivity contribution in [3.8, 4) is 0 Å². The number of nitrogens with two attached hydrogens (primary N) is 1. The second-order valence-electron chi connectivity index (χ2n) is 5.44. The Morgan fingerprint density at radius 1 is 1.27 bits per heavy atom. The fraction of sp³-hybridized carbons (Fsp3) is 0.235. The number of hydrogen-bond acceptors (Lipinski definition) is 3. The normalized spacial score (nSPS) is 13.6. The van der Waals surface area contributed by atoms with Gasteiger partial charge in [-0.25, -0.2) is 0 Å². The zero-order chi connectivity index (χ0) is 15.5. The van der Waals surface area contributed by atoms with Crippen molar-refractivity contribution in [2.24, 2.45) is 0 Å². The zero-order valence-corrected chi connectivity index (χ0v) is 12.9. The number of halogens is 1. The summed E-state index contributed by atoms with van der Waals surface area (Å²) in [7, 11) is 0. The van der Waals surface area contributed by atoms with Crippen LogP contribution in [0.5, 0.6) is 0 Å². The molecular formula is C17H18ClN3O. The van der Waals surface area contributed by atoms with Gasteiger partial charge in [-0.15, -0.1) is 0 Å². The summed E-state index contributed by atoms with van der Waals surface area (Å²) in [5.74, 6) is -0.0933. The molecule has 0 saturated heterocycles. The van der Waals surface area contributed by atoms with Crippen molar-refractivity contribution in [1.82, 2.24) is 0 Å². The lowest BCUT2D eigenvalue weighted by molar-refractivity contribution is -0.115. The van der Waals surface area contributed by atoms with Gasteiger partial charge >= 0.3 is 0 Å². The molecule has 2 aromatic carbocycles. The first-order valence-electron chi connectivity index (χ1n) is 7.31. The lowest BCUT2D eigenvalue weighted by Gasteiger charge is -2.30. The van der Waals surface area contributed by atoms with Crippen molar-refractivity contribution < 1.29 is 4.79 Å². The van der Waals surface area contributed by atoms with Gasteiger partial charge < -0.3 is 16.0 Å². The van der Waals surface area contributed by atoms with Gasteiger partial charge in [0.1, 0.15) is 0 Å². The van der Waals surface area contributed by atoms with E-state index in [0.717, 1.165) is 25.1 Å². The second-order valence-corrected chi connectivity index (χ2v) is 5.85. The minimum atomic E-state index is -0.0933. The van der Waals surface area contributed by atoms with Crippen LogP contribution in [0.1, 0.15) is 12.0 Å². The summed E-state index contributed by atoms with van der Waals surface area (Å²) in [4.78, 5) is 14.4. The number of carbonyl (C=O) groups excluding carboxylic acids is 1. The Morgan fingerprint density at radius 2 is 2.09 bits per heavy atom. The van der Waals surface area contributed by atoms with E-state index in [0.29, 0.717) is 22.9 Å². The van der Waals surface area contributed by atoms with Crippen LogP contribution < -0.4 is 16.0 Å². The summed E-state index contributed by atoms with van der Waals surface area (Å²) in [6.07, 6.45) is 2.12. The number of aryl methyl sites for hydroxylation is 1. The number of benzene rings is 2. The first-order chi connectivity index (χ1) is 10.6. The molecule has 1 aliphatic heterocycles. The fourth-order valence-electron chi connectivity index (χ4n) is 2.78. The molecule has 0 saturated carbocycles. The van der Waals surface area contributed by atoms with Crippen LogP contribution in [-0.4, -0.2) is 19.0 Å². The molecule has 3 rings (SSSR count). The molecule has 5 heteroatoms. The maximum absolute atomic E-state index is 12.3. The number of nitrogen functional groups attached to an aromatic ring is 1. The Labute approximate surface area is 134 Å². The predicted octanol–water partition coefficient (Wildman–Crippen LogP) is 3.31. The van der Waals surface area contributed by atoms with Gasteiger partial charge in [-0.3, -0.25) is 4.79 Å². The highest BCUT2D eigenvalue weighted by atomic mass is 35.5. The van der Waals surface area contributed by atoms with Gasteiger partial charge in [-0.05, 0) is 42.7 Å². The summed E-state index contributed by atoms with van der Waals surface area (Å²) in [5, 5.41) is 3.32. The summed E-state index contributed by atoms with van der Waals surface area (Å²) in [6.45, 7) is 1.19. The van der Waals surface area contributed by atoms with Crippen LogP contribution in [0.4, 0.5) is 17.1 Å². The first kappa shape index (κ1) is 14.7. The van der Waals surface area contributed by atoms with E-state index in [-0.39, 0.29) is 5.91 Å². The molecule has 1 amide bonds. The number of nitrogens with one attached hydrogen (secondary N) is 1. The van der Waals surface area contributed by atoms with E-state index in [1.54, 1.807) is 18.2 Å². The van der Waals surface area contributed by atoms with Crippen LogP contribution in [0.3, 0.4) is 0 Å². The van der Waals surface area contributed by atoms with Crippen molar-refractivity contribution in [1.29, 1.82) is 0 Å². The second kappa shape index (κ2) is 6.28. The Balaban J connectivity index is 1.72. The van der Waals surface area contributed by atoms with Crippen LogP contribution >= 0.6 is 11.6 Å². The van der Waals surface area contributed by atoms with Crippen molar-refractivity contribution >= 4 is 34.6 Å². The van der Waals surface area contributed by atoms with Gasteiger partial charge in [0, 0.05) is 17.9 Å². The van der Waals surface area contributed by atoms with Gasteiger partial charge in [0.25, 0.3) is 0 Å². The van der Waals surface area contributed by atoms with Gasteiger partial charge in [-0.2, -0.15) is 0 Å². The first-order valence-corrected chi connectivity index (χ1v) is 7.69. The molecule has 0 fully saturated rings. The minimum Gasteiger partial charge on any atom is -0.399 e. The molecule has 0 unspecified atom stereocenters. The summed E-state index contributed by atoms with van der Waals surface area (Å²) in [6, 6.07) is 13.3. The number of para-hydroxylation sites is 1. The van der Waals surface area contributed by atoms with Crippen molar-refractivity contribution in [2.75, 3.05) is 29.0 Å². The highest BCUT2D eigenvalue weighted by Gasteiger charge is 2.19. The predicted molar refractivity (Wildman–Crippen MR) is 91.5 cm³/mol. The van der Waals surface area contributed by atoms with Gasteiger partial charge in [0.05, 0.1) is 17.3 Å². The lowest BCUT2D eigenvalue weighted by atomic mass is 10.0. The molecule has 0 aliphatic carbocycles. The minimum absolute atomic E-state index is 0.0933. The van der Waals surface area contributed by atoms with E-state index >= 15 is 0 Å². The Kier molecular flexibility index (Phi) is 4.20. The maximum atomic E-state index is 12.3. The van der Waals surface area contributed by atoms with Crippen LogP contribution in [-0.2, 0) is 11.2 Å². The molecule has 0 bridgehead atoms. The van der Waals surface area contributed by atoms with Crippen molar-refractivity contribution in [3.63, 3.8) is 0 Å². The SMILES string of the molecule is Nc1ccc(Cl)c(NC(=O)CN2CCCc3ccccc32)c1. The number of rotatable bonds is 3. The average Bonchev–Trinajstić information content (AvgIpc) is 2.51. The van der Waals surface area contributed by atoms with Crippen LogP contribution in [0.2, 0.25) is 5.02 Å². The molecule has 114 valence electrons. The average molecular weight is 316 g/mol. The third kappa shape index (κ3) is 3.17. The summed E-state index contributed by atoms with van der Waals surface area (Å²) >= 11 is 6.08. The van der Waals surface area contributed by atoms with Gasteiger partial charge in [0.2, 0.25) is 5.91 Å². The van der Waals surface area contributed by atoms with Crippen LogP contribution in [0.15, 0.2) is 42.5 Å². The molecule has 22 heavy (non-hydrogen) atoms. The third-order valence-electron chi connectivity index (χ3n) is 3.81. The molecule has 1 aliphatic rings. The van der Waals surface area contributed by atoms with E-state index in [2.05, 4.69) is 22.3 Å². The highest BCUT2D eigenvalue weighted by molar-refractivity contribution is 6.33. The van der Waals surface area contributed by atoms with Crippen LogP contribution in [0.25, 0.3) is 0 Å².